The molecular weight excluding hydrogens is 251 g/mol. The Morgan fingerprint density at radius 3 is 1.69 bits per heavy atom. The second kappa shape index (κ2) is 6.97. The van der Waals surface area contributed by atoms with Gasteiger partial charge < -0.3 is 9.80 Å². The maximum absolute atomic E-state index is 11.8. The SMILES string of the molecule is CCN(CC)C(=O)C(Cl)C(Cl)C(=O)N(C)C. The smallest absolute Gasteiger partial charge is 0.242 e. The quantitative estimate of drug-likeness (QED) is 0.703. The Bertz CT molecular complexity index is 255. The molecule has 0 aromatic rings. The van der Waals surface area contributed by atoms with E-state index in [-0.39, 0.29) is 11.8 Å². The van der Waals surface area contributed by atoms with Gasteiger partial charge in [-0.1, -0.05) is 0 Å². The summed E-state index contributed by atoms with van der Waals surface area (Å²) in [5.41, 5.74) is 0. The van der Waals surface area contributed by atoms with Gasteiger partial charge in [0.2, 0.25) is 11.8 Å². The maximum Gasteiger partial charge on any atom is 0.242 e. The molecule has 0 aliphatic carbocycles. The lowest BCUT2D eigenvalue weighted by Crippen LogP contribution is -2.45. The van der Waals surface area contributed by atoms with Crippen molar-refractivity contribution in [3.05, 3.63) is 0 Å². The van der Waals surface area contributed by atoms with Crippen LogP contribution in [-0.2, 0) is 9.59 Å². The van der Waals surface area contributed by atoms with E-state index in [1.54, 1.807) is 19.0 Å². The van der Waals surface area contributed by atoms with Gasteiger partial charge in [0.15, 0.2) is 0 Å². The van der Waals surface area contributed by atoms with Crippen LogP contribution in [0, 0.1) is 0 Å². The molecule has 0 radical (unpaired) electrons. The van der Waals surface area contributed by atoms with Crippen molar-refractivity contribution in [2.75, 3.05) is 27.2 Å². The lowest BCUT2D eigenvalue weighted by atomic mass is 10.2. The van der Waals surface area contributed by atoms with E-state index in [1.165, 1.54) is 4.90 Å². The van der Waals surface area contributed by atoms with Gasteiger partial charge in [-0.3, -0.25) is 9.59 Å². The first-order chi connectivity index (χ1) is 7.36. The van der Waals surface area contributed by atoms with Gasteiger partial charge in [-0.05, 0) is 13.8 Å². The number of nitrogens with zero attached hydrogens (tertiary/aromatic N) is 2. The first-order valence-corrected chi connectivity index (χ1v) is 6.02. The van der Waals surface area contributed by atoms with Crippen LogP contribution in [0.4, 0.5) is 0 Å². The van der Waals surface area contributed by atoms with Gasteiger partial charge in [0.05, 0.1) is 0 Å². The average Bonchev–Trinajstić information content (AvgIpc) is 2.27. The van der Waals surface area contributed by atoms with Crippen LogP contribution >= 0.6 is 23.2 Å². The van der Waals surface area contributed by atoms with Crippen LogP contribution in [0.5, 0.6) is 0 Å². The molecule has 94 valence electrons. The molecule has 0 aromatic carbocycles. The van der Waals surface area contributed by atoms with E-state index in [2.05, 4.69) is 0 Å². The van der Waals surface area contributed by atoms with Crippen LogP contribution in [0.15, 0.2) is 0 Å². The Labute approximate surface area is 106 Å². The van der Waals surface area contributed by atoms with Crippen molar-refractivity contribution < 1.29 is 9.59 Å². The molecule has 0 saturated carbocycles. The van der Waals surface area contributed by atoms with Gasteiger partial charge in [0.25, 0.3) is 0 Å². The molecule has 0 rings (SSSR count). The van der Waals surface area contributed by atoms with Gasteiger partial charge in [-0.25, -0.2) is 0 Å². The van der Waals surface area contributed by atoms with E-state index in [0.29, 0.717) is 13.1 Å². The van der Waals surface area contributed by atoms with E-state index >= 15 is 0 Å². The fourth-order valence-electron chi connectivity index (χ4n) is 1.21. The van der Waals surface area contributed by atoms with Crippen molar-refractivity contribution in [2.24, 2.45) is 0 Å². The summed E-state index contributed by atoms with van der Waals surface area (Å²) in [5, 5.41) is -2.04. The summed E-state index contributed by atoms with van der Waals surface area (Å²) in [6, 6.07) is 0. The third-order valence-corrected chi connectivity index (χ3v) is 3.25. The van der Waals surface area contributed by atoms with Gasteiger partial charge in [-0.15, -0.1) is 23.2 Å². The minimum atomic E-state index is -1.02. The zero-order chi connectivity index (χ0) is 12.9. The monoisotopic (exact) mass is 268 g/mol. The van der Waals surface area contributed by atoms with E-state index in [0.717, 1.165) is 0 Å². The highest BCUT2D eigenvalue weighted by Gasteiger charge is 2.33. The van der Waals surface area contributed by atoms with E-state index in [9.17, 15) is 9.59 Å². The highest BCUT2D eigenvalue weighted by Crippen LogP contribution is 2.15. The van der Waals surface area contributed by atoms with Crippen molar-refractivity contribution >= 4 is 35.0 Å². The summed E-state index contributed by atoms with van der Waals surface area (Å²) >= 11 is 11.8. The van der Waals surface area contributed by atoms with Gasteiger partial charge in [0, 0.05) is 27.2 Å². The lowest BCUT2D eigenvalue weighted by Gasteiger charge is -2.24. The highest BCUT2D eigenvalue weighted by atomic mass is 35.5. The lowest BCUT2D eigenvalue weighted by molar-refractivity contribution is -0.134. The fraction of sp³-hybridized carbons (Fsp3) is 0.800. The molecule has 0 fully saturated rings. The summed E-state index contributed by atoms with van der Waals surface area (Å²) in [4.78, 5) is 26.2. The second-order valence-electron chi connectivity index (χ2n) is 3.55. The van der Waals surface area contributed by atoms with E-state index < -0.39 is 10.8 Å². The largest absolute Gasteiger partial charge is 0.347 e. The minimum absolute atomic E-state index is 0.304. The molecule has 0 N–H and O–H groups in total. The topological polar surface area (TPSA) is 40.6 Å². The second-order valence-corrected chi connectivity index (χ2v) is 4.49. The molecular formula is C10H18Cl2N2O2. The molecule has 2 atom stereocenters. The molecule has 0 spiro atoms. The Morgan fingerprint density at radius 2 is 1.38 bits per heavy atom. The number of alkyl halides is 2. The van der Waals surface area contributed by atoms with E-state index in [4.69, 9.17) is 23.2 Å². The molecule has 2 unspecified atom stereocenters. The fourth-order valence-corrected chi connectivity index (χ4v) is 1.76. The first-order valence-electron chi connectivity index (χ1n) is 5.14. The number of carbonyl (C=O) groups excluding carboxylic acids is 2. The number of carbonyl (C=O) groups is 2. The number of hydrogen-bond acceptors (Lipinski definition) is 2. The third-order valence-electron chi connectivity index (χ3n) is 2.24. The van der Waals surface area contributed by atoms with Gasteiger partial charge in [0.1, 0.15) is 10.8 Å². The molecule has 4 nitrogen and oxygen atoms in total. The van der Waals surface area contributed by atoms with Crippen molar-refractivity contribution in [3.63, 3.8) is 0 Å². The van der Waals surface area contributed by atoms with Crippen molar-refractivity contribution in [1.29, 1.82) is 0 Å². The number of amides is 2. The molecule has 0 aliphatic heterocycles. The molecule has 2 amide bonds. The Kier molecular flexibility index (Phi) is 6.76. The standard InChI is InChI=1S/C10H18Cl2N2O2/c1-5-14(6-2)10(16)8(12)7(11)9(15)13(3)4/h7-8H,5-6H2,1-4H3. The molecule has 16 heavy (non-hydrogen) atoms. The zero-order valence-corrected chi connectivity index (χ0v) is 11.5. The third kappa shape index (κ3) is 3.83. The van der Waals surface area contributed by atoms with Crippen LogP contribution < -0.4 is 0 Å². The van der Waals surface area contributed by atoms with Crippen LogP contribution in [-0.4, -0.2) is 59.6 Å². The van der Waals surface area contributed by atoms with Crippen molar-refractivity contribution in [2.45, 2.75) is 24.6 Å². The van der Waals surface area contributed by atoms with Crippen LogP contribution in [0.25, 0.3) is 0 Å². The van der Waals surface area contributed by atoms with Gasteiger partial charge >= 0.3 is 0 Å². The van der Waals surface area contributed by atoms with Gasteiger partial charge in [-0.2, -0.15) is 0 Å². The molecule has 6 heteroatoms. The summed E-state index contributed by atoms with van der Waals surface area (Å²) in [5.74, 6) is -0.663. The molecule has 0 saturated heterocycles. The normalized spacial score (nSPS) is 14.1. The number of hydrogen-bond donors (Lipinski definition) is 0. The van der Waals surface area contributed by atoms with Crippen LogP contribution in [0.2, 0.25) is 0 Å². The molecule has 0 bridgehead atoms. The van der Waals surface area contributed by atoms with Crippen molar-refractivity contribution in [3.8, 4) is 0 Å². The average molecular weight is 269 g/mol. The predicted molar refractivity (Wildman–Crippen MR) is 65.9 cm³/mol. The number of halogens is 2. The highest BCUT2D eigenvalue weighted by molar-refractivity contribution is 6.42. The molecule has 0 aliphatic rings. The minimum Gasteiger partial charge on any atom is -0.347 e. The Balaban J connectivity index is 4.60. The zero-order valence-electron chi connectivity index (χ0n) is 10.0. The molecule has 0 aromatic heterocycles. The number of rotatable bonds is 5. The maximum atomic E-state index is 11.8. The summed E-state index contributed by atoms with van der Waals surface area (Å²) in [7, 11) is 3.15. The first kappa shape index (κ1) is 15.5. The molecule has 0 heterocycles. The van der Waals surface area contributed by atoms with E-state index in [1.807, 2.05) is 13.8 Å². The predicted octanol–water partition coefficient (Wildman–Crippen LogP) is 1.16. The Morgan fingerprint density at radius 1 is 1.00 bits per heavy atom. The van der Waals surface area contributed by atoms with Crippen LogP contribution in [0.1, 0.15) is 13.8 Å². The Hall–Kier alpha value is -0.480. The van der Waals surface area contributed by atoms with Crippen molar-refractivity contribution in [1.82, 2.24) is 9.80 Å². The summed E-state index contributed by atoms with van der Waals surface area (Å²) < 4.78 is 0. The summed E-state index contributed by atoms with van der Waals surface area (Å²) in [6.45, 7) is 4.81. The van der Waals surface area contributed by atoms with Crippen LogP contribution in [0.3, 0.4) is 0 Å². The summed E-state index contributed by atoms with van der Waals surface area (Å²) in [6.07, 6.45) is 0.